The molecule has 2 heterocycles. The third-order valence-corrected chi connectivity index (χ3v) is 5.06. The van der Waals surface area contributed by atoms with Crippen molar-refractivity contribution in [1.82, 2.24) is 3.97 Å². The van der Waals surface area contributed by atoms with E-state index in [2.05, 4.69) is 0 Å². The minimum atomic E-state index is -4.18. The molecule has 0 unspecified atom stereocenters. The fraction of sp³-hybridized carbons (Fsp3) is 0. The van der Waals surface area contributed by atoms with E-state index in [1.807, 2.05) is 0 Å². The SMILES string of the molecule is O=Cc1cc(-c2ccccc2F)n(S(=O)(=O)c2ccc[n+]([O-])c2)c1. The van der Waals surface area contributed by atoms with E-state index >= 15 is 0 Å². The molecule has 0 aliphatic carbocycles. The number of carbonyl (C=O) groups is 1. The van der Waals surface area contributed by atoms with Crippen molar-refractivity contribution in [1.29, 1.82) is 0 Å². The molecule has 0 saturated heterocycles. The highest BCUT2D eigenvalue weighted by molar-refractivity contribution is 7.90. The highest BCUT2D eigenvalue weighted by Crippen LogP contribution is 2.28. The molecule has 0 aliphatic heterocycles. The van der Waals surface area contributed by atoms with Crippen LogP contribution in [0.2, 0.25) is 0 Å². The standard InChI is InChI=1S/C16H11FN2O4S/c17-15-6-2-1-5-14(15)16-8-12(11-20)9-19(16)24(22,23)13-4-3-7-18(21)10-13/h1-11H. The third kappa shape index (κ3) is 2.67. The number of hydrogen-bond donors (Lipinski definition) is 0. The summed E-state index contributed by atoms with van der Waals surface area (Å²) in [5.41, 5.74) is 0.0966. The lowest BCUT2D eigenvalue weighted by molar-refractivity contribution is -0.607. The fourth-order valence-corrected chi connectivity index (χ4v) is 3.68. The van der Waals surface area contributed by atoms with Gasteiger partial charge in [-0.1, -0.05) is 12.1 Å². The summed E-state index contributed by atoms with van der Waals surface area (Å²) in [6.45, 7) is 0. The molecule has 1 aromatic carbocycles. The normalized spacial score (nSPS) is 11.4. The molecule has 24 heavy (non-hydrogen) atoms. The maximum Gasteiger partial charge on any atom is 0.274 e. The van der Waals surface area contributed by atoms with Gasteiger partial charge in [0.25, 0.3) is 10.0 Å². The van der Waals surface area contributed by atoms with Gasteiger partial charge >= 0.3 is 0 Å². The summed E-state index contributed by atoms with van der Waals surface area (Å²) >= 11 is 0. The van der Waals surface area contributed by atoms with Crippen LogP contribution in [0.15, 0.2) is 66.0 Å². The van der Waals surface area contributed by atoms with Crippen molar-refractivity contribution in [3.63, 3.8) is 0 Å². The van der Waals surface area contributed by atoms with Crippen LogP contribution in [-0.4, -0.2) is 18.7 Å². The Bertz CT molecular complexity index is 1030. The quantitative estimate of drug-likeness (QED) is 0.411. The molecule has 0 fully saturated rings. The van der Waals surface area contributed by atoms with Gasteiger partial charge < -0.3 is 5.21 Å². The Morgan fingerprint density at radius 1 is 1.17 bits per heavy atom. The maximum absolute atomic E-state index is 14.1. The number of halogens is 1. The van der Waals surface area contributed by atoms with E-state index in [1.165, 1.54) is 36.4 Å². The van der Waals surface area contributed by atoms with Crippen molar-refractivity contribution in [2.24, 2.45) is 0 Å². The Hall–Kier alpha value is -3.00. The molecule has 0 atom stereocenters. The van der Waals surface area contributed by atoms with E-state index in [9.17, 15) is 22.8 Å². The van der Waals surface area contributed by atoms with E-state index in [-0.39, 0.29) is 21.7 Å². The van der Waals surface area contributed by atoms with Gasteiger partial charge in [-0.05, 0) is 24.3 Å². The lowest BCUT2D eigenvalue weighted by Gasteiger charge is -2.10. The second-order valence-electron chi connectivity index (χ2n) is 4.96. The molecule has 0 aliphatic rings. The molecule has 0 spiro atoms. The van der Waals surface area contributed by atoms with Crippen LogP contribution in [0.1, 0.15) is 10.4 Å². The van der Waals surface area contributed by atoms with Crippen LogP contribution in [0, 0.1) is 11.0 Å². The number of nitrogens with zero attached hydrogens (tertiary/aromatic N) is 2. The summed E-state index contributed by atoms with van der Waals surface area (Å²) in [6.07, 6.45) is 3.59. The molecule has 8 heteroatoms. The van der Waals surface area contributed by atoms with E-state index in [4.69, 9.17) is 0 Å². The molecular formula is C16H11FN2O4S. The van der Waals surface area contributed by atoms with Crippen molar-refractivity contribution < 1.29 is 22.3 Å². The van der Waals surface area contributed by atoms with Gasteiger partial charge in [0.15, 0.2) is 17.4 Å². The van der Waals surface area contributed by atoms with Crippen molar-refractivity contribution in [3.8, 4) is 11.3 Å². The molecule has 3 aromatic rings. The van der Waals surface area contributed by atoms with Crippen LogP contribution >= 0.6 is 0 Å². The lowest BCUT2D eigenvalue weighted by Crippen LogP contribution is -2.27. The van der Waals surface area contributed by atoms with Crippen molar-refractivity contribution in [2.45, 2.75) is 4.90 Å². The van der Waals surface area contributed by atoms with Crippen molar-refractivity contribution in [2.75, 3.05) is 0 Å². The number of hydrogen-bond acceptors (Lipinski definition) is 4. The van der Waals surface area contributed by atoms with E-state index in [0.29, 0.717) is 11.0 Å². The third-order valence-electron chi connectivity index (χ3n) is 3.40. The Balaban J connectivity index is 2.27. The summed E-state index contributed by atoms with van der Waals surface area (Å²) in [4.78, 5) is 10.8. The summed E-state index contributed by atoms with van der Waals surface area (Å²) < 4.78 is 40.8. The fourth-order valence-electron chi connectivity index (χ4n) is 2.29. The predicted octanol–water partition coefficient (Wildman–Crippen LogP) is 1.98. The van der Waals surface area contributed by atoms with Gasteiger partial charge in [-0.2, -0.15) is 4.73 Å². The Kier molecular flexibility index (Phi) is 3.90. The molecular weight excluding hydrogens is 335 g/mol. The van der Waals surface area contributed by atoms with Gasteiger partial charge in [-0.25, -0.2) is 16.8 Å². The van der Waals surface area contributed by atoms with Crippen LogP contribution in [0.3, 0.4) is 0 Å². The Morgan fingerprint density at radius 2 is 1.92 bits per heavy atom. The molecule has 0 N–H and O–H groups in total. The maximum atomic E-state index is 14.1. The summed E-state index contributed by atoms with van der Waals surface area (Å²) in [7, 11) is -4.18. The minimum absolute atomic E-state index is 0.00324. The molecule has 0 radical (unpaired) electrons. The molecule has 2 aromatic heterocycles. The number of pyridine rings is 1. The number of rotatable bonds is 4. The van der Waals surface area contributed by atoms with Gasteiger partial charge in [0.05, 0.1) is 5.69 Å². The lowest BCUT2D eigenvalue weighted by atomic mass is 10.1. The Labute approximate surface area is 137 Å². The molecule has 0 saturated carbocycles. The first kappa shape index (κ1) is 15.9. The first-order valence-corrected chi connectivity index (χ1v) is 8.24. The second kappa shape index (κ2) is 5.89. The summed E-state index contributed by atoms with van der Waals surface area (Å²) in [5.74, 6) is -0.628. The number of carbonyl (C=O) groups excluding carboxylic acids is 1. The topological polar surface area (TPSA) is 83.1 Å². The highest BCUT2D eigenvalue weighted by Gasteiger charge is 2.24. The molecule has 122 valence electrons. The first-order chi connectivity index (χ1) is 11.4. The average molecular weight is 346 g/mol. The molecule has 6 nitrogen and oxygen atoms in total. The first-order valence-electron chi connectivity index (χ1n) is 6.80. The van der Waals surface area contributed by atoms with Gasteiger partial charge in [0.1, 0.15) is 5.82 Å². The van der Waals surface area contributed by atoms with E-state index in [0.717, 1.165) is 22.6 Å². The molecule has 0 bridgehead atoms. The zero-order chi connectivity index (χ0) is 17.3. The number of aldehydes is 1. The molecule has 0 amide bonds. The van der Waals surface area contributed by atoms with Gasteiger partial charge in [0.2, 0.25) is 6.20 Å². The highest BCUT2D eigenvalue weighted by atomic mass is 32.2. The zero-order valence-corrected chi connectivity index (χ0v) is 13.0. The van der Waals surface area contributed by atoms with Crippen LogP contribution in [0.25, 0.3) is 11.3 Å². The summed E-state index contributed by atoms with van der Waals surface area (Å²) in [5, 5.41) is 11.4. The largest absolute Gasteiger partial charge is 0.619 e. The Morgan fingerprint density at radius 3 is 2.58 bits per heavy atom. The summed E-state index contributed by atoms with van der Waals surface area (Å²) in [6, 6.07) is 9.42. The number of aromatic nitrogens is 2. The monoisotopic (exact) mass is 346 g/mol. The molecule has 3 rings (SSSR count). The second-order valence-corrected chi connectivity index (χ2v) is 6.77. The van der Waals surface area contributed by atoms with E-state index in [1.54, 1.807) is 6.07 Å². The van der Waals surface area contributed by atoms with Gasteiger partial charge in [-0.15, -0.1) is 0 Å². The van der Waals surface area contributed by atoms with Crippen LogP contribution < -0.4 is 4.73 Å². The van der Waals surface area contributed by atoms with Gasteiger partial charge in [-0.3, -0.25) is 4.79 Å². The zero-order valence-electron chi connectivity index (χ0n) is 12.2. The van der Waals surface area contributed by atoms with Crippen LogP contribution in [0.4, 0.5) is 4.39 Å². The van der Waals surface area contributed by atoms with Crippen molar-refractivity contribution >= 4 is 16.3 Å². The van der Waals surface area contributed by atoms with Crippen LogP contribution in [-0.2, 0) is 10.0 Å². The number of benzene rings is 1. The minimum Gasteiger partial charge on any atom is -0.619 e. The predicted molar refractivity (Wildman–Crippen MR) is 83.2 cm³/mol. The van der Waals surface area contributed by atoms with Crippen molar-refractivity contribution in [3.05, 3.63) is 77.6 Å². The average Bonchev–Trinajstić information content (AvgIpc) is 3.00. The van der Waals surface area contributed by atoms with Crippen LogP contribution in [0.5, 0.6) is 0 Å². The van der Waals surface area contributed by atoms with E-state index < -0.39 is 15.8 Å². The van der Waals surface area contributed by atoms with Gasteiger partial charge in [0, 0.05) is 23.4 Å². The smallest absolute Gasteiger partial charge is 0.274 e.